The van der Waals surface area contributed by atoms with E-state index < -0.39 is 0 Å². The van der Waals surface area contributed by atoms with Gasteiger partial charge >= 0.3 is 0 Å². The topological polar surface area (TPSA) is 40.5 Å². The highest BCUT2D eigenvalue weighted by Crippen LogP contribution is 2.35. The fourth-order valence-electron chi connectivity index (χ4n) is 2.22. The second kappa shape index (κ2) is 3.54. The lowest BCUT2D eigenvalue weighted by Gasteiger charge is -2.39. The molecule has 80 valence electrons. The molecule has 2 aliphatic rings. The van der Waals surface area contributed by atoms with E-state index in [0.717, 1.165) is 38.8 Å². The zero-order chi connectivity index (χ0) is 10.2. The smallest absolute Gasteiger partial charge is 0.225 e. The Morgan fingerprint density at radius 1 is 1.57 bits per heavy atom. The SMILES string of the molecule is C[C@@]1(CO)CCCN(C(=O)C2CC2)C1. The van der Waals surface area contributed by atoms with Gasteiger partial charge in [0.05, 0.1) is 6.61 Å². The van der Waals surface area contributed by atoms with E-state index in [9.17, 15) is 9.90 Å². The molecule has 14 heavy (non-hydrogen) atoms. The molecule has 0 aromatic heterocycles. The lowest BCUT2D eigenvalue weighted by atomic mass is 9.82. The van der Waals surface area contributed by atoms with Crippen molar-refractivity contribution in [2.45, 2.75) is 32.6 Å². The zero-order valence-electron chi connectivity index (χ0n) is 8.83. The van der Waals surface area contributed by atoms with Crippen molar-refractivity contribution in [2.75, 3.05) is 19.7 Å². The summed E-state index contributed by atoms with van der Waals surface area (Å²) in [4.78, 5) is 13.8. The van der Waals surface area contributed by atoms with Crippen LogP contribution in [0.15, 0.2) is 0 Å². The molecule has 1 aliphatic carbocycles. The molecule has 3 heteroatoms. The van der Waals surface area contributed by atoms with E-state index in [1.54, 1.807) is 0 Å². The Bertz CT molecular complexity index is 237. The summed E-state index contributed by atoms with van der Waals surface area (Å²) in [5.74, 6) is 0.639. The summed E-state index contributed by atoms with van der Waals surface area (Å²) in [7, 11) is 0. The summed E-state index contributed by atoms with van der Waals surface area (Å²) in [5.41, 5.74) is -0.0528. The first-order valence-electron chi connectivity index (χ1n) is 5.54. The standard InChI is InChI=1S/C11H19NO2/c1-11(8-13)5-2-6-12(7-11)10(14)9-3-4-9/h9,13H,2-8H2,1H3/t11-/m1/s1. The van der Waals surface area contributed by atoms with Crippen molar-refractivity contribution in [3.63, 3.8) is 0 Å². The quantitative estimate of drug-likeness (QED) is 0.718. The fraction of sp³-hybridized carbons (Fsp3) is 0.909. The van der Waals surface area contributed by atoms with Crippen molar-refractivity contribution in [2.24, 2.45) is 11.3 Å². The minimum Gasteiger partial charge on any atom is -0.396 e. The van der Waals surface area contributed by atoms with Crippen LogP contribution in [0.3, 0.4) is 0 Å². The van der Waals surface area contributed by atoms with Gasteiger partial charge in [-0.15, -0.1) is 0 Å². The van der Waals surface area contributed by atoms with Crippen LogP contribution in [-0.4, -0.2) is 35.6 Å². The van der Waals surface area contributed by atoms with Crippen molar-refractivity contribution in [3.05, 3.63) is 0 Å². The van der Waals surface area contributed by atoms with E-state index in [1.165, 1.54) is 0 Å². The maximum atomic E-state index is 11.8. The summed E-state index contributed by atoms with van der Waals surface area (Å²) in [6, 6.07) is 0. The summed E-state index contributed by atoms with van der Waals surface area (Å²) >= 11 is 0. The van der Waals surface area contributed by atoms with Gasteiger partial charge in [0.1, 0.15) is 0 Å². The molecule has 0 unspecified atom stereocenters. The monoisotopic (exact) mass is 197 g/mol. The normalized spacial score (nSPS) is 33.1. The van der Waals surface area contributed by atoms with E-state index in [0.29, 0.717) is 11.8 Å². The number of carbonyl (C=O) groups excluding carboxylic acids is 1. The van der Waals surface area contributed by atoms with E-state index in [4.69, 9.17) is 0 Å². The molecule has 2 rings (SSSR count). The molecule has 0 aromatic carbocycles. The van der Waals surface area contributed by atoms with Gasteiger partial charge in [-0.1, -0.05) is 6.92 Å². The van der Waals surface area contributed by atoms with Crippen LogP contribution in [-0.2, 0) is 4.79 Å². The summed E-state index contributed by atoms with van der Waals surface area (Å²) < 4.78 is 0. The van der Waals surface area contributed by atoms with Crippen LogP contribution in [0.2, 0.25) is 0 Å². The molecule has 0 radical (unpaired) electrons. The minimum atomic E-state index is -0.0528. The lowest BCUT2D eigenvalue weighted by Crippen LogP contribution is -2.46. The Kier molecular flexibility index (Phi) is 2.52. The second-order valence-corrected chi connectivity index (χ2v) is 5.11. The van der Waals surface area contributed by atoms with E-state index in [1.807, 2.05) is 4.90 Å². The van der Waals surface area contributed by atoms with Gasteiger partial charge in [-0.3, -0.25) is 4.79 Å². The Morgan fingerprint density at radius 2 is 2.29 bits per heavy atom. The molecule has 0 spiro atoms. The molecule has 2 fully saturated rings. The second-order valence-electron chi connectivity index (χ2n) is 5.11. The highest BCUT2D eigenvalue weighted by atomic mass is 16.3. The third kappa shape index (κ3) is 1.92. The minimum absolute atomic E-state index is 0.0528. The molecule has 1 N–H and O–H groups in total. The summed E-state index contributed by atoms with van der Waals surface area (Å²) in [5, 5.41) is 9.27. The van der Waals surface area contributed by atoms with Gasteiger partial charge < -0.3 is 10.0 Å². The highest BCUT2D eigenvalue weighted by molar-refractivity contribution is 5.81. The number of amides is 1. The maximum Gasteiger partial charge on any atom is 0.225 e. The third-order valence-corrected chi connectivity index (χ3v) is 3.40. The number of hydrogen-bond acceptors (Lipinski definition) is 2. The number of nitrogens with zero attached hydrogens (tertiary/aromatic N) is 1. The number of likely N-dealkylation sites (tertiary alicyclic amines) is 1. The van der Waals surface area contributed by atoms with Crippen LogP contribution in [0.25, 0.3) is 0 Å². The van der Waals surface area contributed by atoms with Crippen LogP contribution in [0.4, 0.5) is 0 Å². The molecule has 0 bridgehead atoms. The molecule has 1 heterocycles. The molecule has 1 aliphatic heterocycles. The Balaban J connectivity index is 1.96. The average Bonchev–Trinajstić information content (AvgIpc) is 3.00. The Hall–Kier alpha value is -0.570. The fourth-order valence-corrected chi connectivity index (χ4v) is 2.22. The zero-order valence-corrected chi connectivity index (χ0v) is 8.83. The molecular formula is C11H19NO2. The summed E-state index contributed by atoms with van der Waals surface area (Å²) in [6.45, 7) is 3.91. The van der Waals surface area contributed by atoms with E-state index >= 15 is 0 Å². The van der Waals surface area contributed by atoms with Gasteiger partial charge in [0.15, 0.2) is 0 Å². The van der Waals surface area contributed by atoms with Crippen molar-refractivity contribution in [3.8, 4) is 0 Å². The van der Waals surface area contributed by atoms with Crippen LogP contribution in [0, 0.1) is 11.3 Å². The van der Waals surface area contributed by atoms with Crippen LogP contribution in [0.5, 0.6) is 0 Å². The molecule has 1 amide bonds. The maximum absolute atomic E-state index is 11.8. The summed E-state index contributed by atoms with van der Waals surface area (Å²) in [6.07, 6.45) is 4.23. The highest BCUT2D eigenvalue weighted by Gasteiger charge is 2.38. The number of hydrogen-bond donors (Lipinski definition) is 1. The predicted octanol–water partition coefficient (Wildman–Crippen LogP) is 1.02. The van der Waals surface area contributed by atoms with Gasteiger partial charge in [-0.2, -0.15) is 0 Å². The van der Waals surface area contributed by atoms with Crippen molar-refractivity contribution in [1.29, 1.82) is 0 Å². The molecule has 1 saturated heterocycles. The number of piperidine rings is 1. The number of aliphatic hydroxyl groups is 1. The first kappa shape index (κ1) is 9.97. The van der Waals surface area contributed by atoms with Crippen molar-refractivity contribution < 1.29 is 9.90 Å². The third-order valence-electron chi connectivity index (χ3n) is 3.40. The van der Waals surface area contributed by atoms with E-state index in [2.05, 4.69) is 6.92 Å². The number of rotatable bonds is 2. The Labute approximate surface area is 85.1 Å². The molecular weight excluding hydrogens is 178 g/mol. The number of carbonyl (C=O) groups is 1. The molecule has 3 nitrogen and oxygen atoms in total. The first-order chi connectivity index (χ1) is 6.64. The van der Waals surface area contributed by atoms with Crippen LogP contribution < -0.4 is 0 Å². The molecule has 1 atom stereocenters. The van der Waals surface area contributed by atoms with Gasteiger partial charge in [0, 0.05) is 24.4 Å². The van der Waals surface area contributed by atoms with Gasteiger partial charge in [-0.25, -0.2) is 0 Å². The lowest BCUT2D eigenvalue weighted by molar-refractivity contribution is -0.136. The van der Waals surface area contributed by atoms with Crippen molar-refractivity contribution in [1.82, 2.24) is 4.90 Å². The largest absolute Gasteiger partial charge is 0.396 e. The Morgan fingerprint density at radius 3 is 2.86 bits per heavy atom. The molecule has 1 saturated carbocycles. The van der Waals surface area contributed by atoms with Gasteiger partial charge in [0.25, 0.3) is 0 Å². The molecule has 0 aromatic rings. The van der Waals surface area contributed by atoms with Gasteiger partial charge in [-0.05, 0) is 25.7 Å². The first-order valence-corrected chi connectivity index (χ1v) is 5.54. The predicted molar refractivity (Wildman–Crippen MR) is 53.7 cm³/mol. The van der Waals surface area contributed by atoms with Crippen molar-refractivity contribution >= 4 is 5.91 Å². The van der Waals surface area contributed by atoms with E-state index in [-0.39, 0.29) is 12.0 Å². The number of aliphatic hydroxyl groups excluding tert-OH is 1. The van der Waals surface area contributed by atoms with Gasteiger partial charge in [0.2, 0.25) is 5.91 Å². The van der Waals surface area contributed by atoms with Crippen LogP contribution in [0.1, 0.15) is 32.6 Å². The van der Waals surface area contributed by atoms with Crippen LogP contribution >= 0.6 is 0 Å². The average molecular weight is 197 g/mol.